The van der Waals surface area contributed by atoms with Crippen molar-refractivity contribution in [2.75, 3.05) is 21.3 Å². The number of methoxy groups -OCH3 is 3. The number of cyclic esters (lactones) is 1. The predicted molar refractivity (Wildman–Crippen MR) is 114 cm³/mol. The Bertz CT molecular complexity index is 1030. The van der Waals surface area contributed by atoms with Crippen molar-refractivity contribution in [1.82, 2.24) is 4.90 Å². The molecular formula is C20H17NO7S2. The molecule has 0 aliphatic carbocycles. The average Bonchev–Trinajstić information content (AvgIpc) is 2.96. The summed E-state index contributed by atoms with van der Waals surface area (Å²) in [5.41, 5.74) is 0.343. The summed E-state index contributed by atoms with van der Waals surface area (Å²) in [7, 11) is 4.47. The standard InChI is InChI=1S/C20H17NO7S2/c1-10-5-13(22)12(19(24)28-10)9-21-18(23)16(30-20(21)29)8-11-6-14(25-2)17(27-4)15(7-11)26-3/h5-9H,1-4H3/b12-9-,16-8-. The van der Waals surface area contributed by atoms with E-state index in [1.807, 2.05) is 0 Å². The number of carbonyl (C=O) groups is 3. The summed E-state index contributed by atoms with van der Waals surface area (Å²) in [4.78, 5) is 38.3. The van der Waals surface area contributed by atoms with Crippen molar-refractivity contribution in [2.24, 2.45) is 0 Å². The number of nitrogens with zero attached hydrogens (tertiary/aromatic N) is 1. The monoisotopic (exact) mass is 447 g/mol. The fraction of sp³-hybridized carbons (Fsp3) is 0.200. The molecule has 0 bridgehead atoms. The number of allylic oxidation sites excluding steroid dienone is 2. The quantitative estimate of drug-likeness (QED) is 0.292. The summed E-state index contributed by atoms with van der Waals surface area (Å²) in [6, 6.07) is 3.37. The SMILES string of the molecule is COc1cc(/C=C2\SC(=S)N(/C=C3/C(=O)C=C(C)OC3=O)C2=O)cc(OC)c1OC. The van der Waals surface area contributed by atoms with Crippen LogP contribution in [0.4, 0.5) is 0 Å². The Balaban J connectivity index is 1.95. The van der Waals surface area contributed by atoms with Crippen molar-refractivity contribution in [3.63, 3.8) is 0 Å². The third-order valence-electron chi connectivity index (χ3n) is 4.14. The Morgan fingerprint density at radius 1 is 1.07 bits per heavy atom. The van der Waals surface area contributed by atoms with Gasteiger partial charge in [-0.1, -0.05) is 24.0 Å². The van der Waals surface area contributed by atoms with E-state index >= 15 is 0 Å². The lowest BCUT2D eigenvalue weighted by Crippen LogP contribution is -2.27. The van der Waals surface area contributed by atoms with Gasteiger partial charge in [0.05, 0.1) is 26.2 Å². The van der Waals surface area contributed by atoms with Gasteiger partial charge in [0, 0.05) is 12.3 Å². The number of thiocarbonyl (C=S) groups is 1. The maximum absolute atomic E-state index is 12.8. The normalized spacial score (nSPS) is 19.3. The van der Waals surface area contributed by atoms with Gasteiger partial charge in [0.1, 0.15) is 11.3 Å². The van der Waals surface area contributed by atoms with Crippen LogP contribution in [0.3, 0.4) is 0 Å². The summed E-state index contributed by atoms with van der Waals surface area (Å²) in [6.45, 7) is 1.49. The zero-order valence-corrected chi connectivity index (χ0v) is 18.1. The Labute approximate surface area is 182 Å². The Hall–Kier alpha value is -3.11. The molecule has 3 rings (SSSR count). The van der Waals surface area contributed by atoms with E-state index < -0.39 is 17.7 Å². The highest BCUT2D eigenvalue weighted by Gasteiger charge is 2.34. The lowest BCUT2D eigenvalue weighted by Gasteiger charge is -2.14. The van der Waals surface area contributed by atoms with Crippen molar-refractivity contribution >= 4 is 52.0 Å². The molecule has 10 heteroatoms. The molecule has 0 saturated carbocycles. The van der Waals surface area contributed by atoms with Crippen molar-refractivity contribution in [3.8, 4) is 17.2 Å². The molecule has 0 unspecified atom stereocenters. The minimum Gasteiger partial charge on any atom is -0.493 e. The summed E-state index contributed by atoms with van der Waals surface area (Å²) in [5, 5.41) is 0. The van der Waals surface area contributed by atoms with Gasteiger partial charge in [-0.15, -0.1) is 0 Å². The molecule has 2 aliphatic rings. The van der Waals surface area contributed by atoms with E-state index in [4.69, 9.17) is 31.2 Å². The van der Waals surface area contributed by atoms with Crippen LogP contribution in [-0.4, -0.2) is 48.2 Å². The van der Waals surface area contributed by atoms with Crippen LogP contribution in [0.2, 0.25) is 0 Å². The van der Waals surface area contributed by atoms with Gasteiger partial charge in [-0.25, -0.2) is 4.79 Å². The van der Waals surface area contributed by atoms with Crippen molar-refractivity contribution in [1.29, 1.82) is 0 Å². The van der Waals surface area contributed by atoms with Gasteiger partial charge >= 0.3 is 5.97 Å². The smallest absolute Gasteiger partial charge is 0.348 e. The number of carbonyl (C=O) groups excluding carboxylic acids is 3. The Morgan fingerprint density at radius 3 is 2.23 bits per heavy atom. The number of ether oxygens (including phenoxy) is 4. The molecule has 0 radical (unpaired) electrons. The molecule has 8 nitrogen and oxygen atoms in total. The zero-order valence-electron chi connectivity index (χ0n) is 16.5. The lowest BCUT2D eigenvalue weighted by molar-refractivity contribution is -0.137. The third-order valence-corrected chi connectivity index (χ3v) is 5.47. The van der Waals surface area contributed by atoms with Crippen LogP contribution in [0, 0.1) is 0 Å². The first-order chi connectivity index (χ1) is 14.3. The topological polar surface area (TPSA) is 91.4 Å². The molecule has 2 heterocycles. The van der Waals surface area contributed by atoms with E-state index in [9.17, 15) is 14.4 Å². The van der Waals surface area contributed by atoms with E-state index in [0.717, 1.165) is 22.9 Å². The molecule has 1 aromatic carbocycles. The van der Waals surface area contributed by atoms with E-state index in [-0.39, 0.29) is 15.7 Å². The lowest BCUT2D eigenvalue weighted by atomic mass is 10.1. The summed E-state index contributed by atoms with van der Waals surface area (Å²) in [5.74, 6) is -0.383. The van der Waals surface area contributed by atoms with Crippen molar-refractivity contribution in [3.05, 3.63) is 46.2 Å². The molecule has 156 valence electrons. The van der Waals surface area contributed by atoms with Crippen LogP contribution in [0.5, 0.6) is 17.2 Å². The van der Waals surface area contributed by atoms with Crippen LogP contribution < -0.4 is 14.2 Å². The van der Waals surface area contributed by atoms with Crippen LogP contribution >= 0.6 is 24.0 Å². The van der Waals surface area contributed by atoms with Crippen LogP contribution in [-0.2, 0) is 19.1 Å². The van der Waals surface area contributed by atoms with Crippen LogP contribution in [0.15, 0.2) is 40.6 Å². The first-order valence-electron chi connectivity index (χ1n) is 8.52. The van der Waals surface area contributed by atoms with Gasteiger partial charge in [0.25, 0.3) is 5.91 Å². The predicted octanol–water partition coefficient (Wildman–Crippen LogP) is 2.83. The van der Waals surface area contributed by atoms with E-state index in [2.05, 4.69) is 0 Å². The maximum atomic E-state index is 12.8. The number of thioether (sulfide) groups is 1. The van der Waals surface area contributed by atoms with Crippen LogP contribution in [0.1, 0.15) is 12.5 Å². The second-order valence-electron chi connectivity index (χ2n) is 6.06. The van der Waals surface area contributed by atoms with Gasteiger partial charge in [-0.3, -0.25) is 14.5 Å². The van der Waals surface area contributed by atoms with Crippen molar-refractivity contribution < 1.29 is 33.3 Å². The van der Waals surface area contributed by atoms with E-state index in [1.54, 1.807) is 18.2 Å². The summed E-state index contributed by atoms with van der Waals surface area (Å²) in [6.07, 6.45) is 3.89. The maximum Gasteiger partial charge on any atom is 0.348 e. The van der Waals surface area contributed by atoms with Gasteiger partial charge in [0.15, 0.2) is 21.6 Å². The van der Waals surface area contributed by atoms with Gasteiger partial charge in [-0.05, 0) is 30.7 Å². The molecule has 2 aliphatic heterocycles. The molecule has 1 saturated heterocycles. The molecule has 1 aromatic rings. The highest BCUT2D eigenvalue weighted by Crippen LogP contribution is 2.40. The highest BCUT2D eigenvalue weighted by molar-refractivity contribution is 8.26. The fourth-order valence-corrected chi connectivity index (χ4v) is 3.97. The first kappa shape index (κ1) is 21.6. The number of amides is 1. The molecular weight excluding hydrogens is 430 g/mol. The number of hydrogen-bond donors (Lipinski definition) is 0. The second-order valence-corrected chi connectivity index (χ2v) is 7.74. The van der Waals surface area contributed by atoms with Crippen LogP contribution in [0.25, 0.3) is 6.08 Å². The molecule has 1 amide bonds. The number of ketones is 1. The first-order valence-corrected chi connectivity index (χ1v) is 9.75. The zero-order chi connectivity index (χ0) is 22.0. The number of esters is 1. The molecule has 0 spiro atoms. The molecule has 30 heavy (non-hydrogen) atoms. The van der Waals surface area contributed by atoms with Crippen molar-refractivity contribution in [2.45, 2.75) is 6.92 Å². The fourth-order valence-electron chi connectivity index (χ4n) is 2.77. The summed E-state index contributed by atoms with van der Waals surface area (Å²) >= 11 is 6.29. The average molecular weight is 447 g/mol. The largest absolute Gasteiger partial charge is 0.493 e. The molecule has 0 N–H and O–H groups in total. The Kier molecular flexibility index (Phi) is 6.28. The Morgan fingerprint density at radius 2 is 1.70 bits per heavy atom. The minimum absolute atomic E-state index is 0.179. The van der Waals surface area contributed by atoms with Gasteiger partial charge in [0.2, 0.25) is 5.75 Å². The summed E-state index contributed by atoms with van der Waals surface area (Å²) < 4.78 is 21.0. The molecule has 1 fully saturated rings. The number of benzene rings is 1. The second kappa shape index (κ2) is 8.72. The number of hydrogen-bond acceptors (Lipinski definition) is 9. The van der Waals surface area contributed by atoms with Gasteiger partial charge in [-0.2, -0.15) is 0 Å². The van der Waals surface area contributed by atoms with Gasteiger partial charge < -0.3 is 18.9 Å². The molecule has 0 atom stereocenters. The number of rotatable bonds is 5. The van der Waals surface area contributed by atoms with E-state index in [1.165, 1.54) is 34.3 Å². The highest BCUT2D eigenvalue weighted by atomic mass is 32.2. The molecule has 0 aromatic heterocycles. The minimum atomic E-state index is -0.831. The third kappa shape index (κ3) is 4.10. The van der Waals surface area contributed by atoms with E-state index in [0.29, 0.717) is 27.7 Å².